The standard InChI is InChI=1S/C23H31NOSi/c1-17-10-8-9-13-21(17)24-16-20-19(18-11-6-5-7-12-18)14-15-22(23(20)25)26(2,3)4/h5-7,11-12,14-17,21,25H,8-10,13H2,1-4H3. The van der Waals surface area contributed by atoms with Crippen LogP contribution in [0.4, 0.5) is 0 Å². The third-order valence-electron chi connectivity index (χ3n) is 5.57. The molecule has 2 aromatic rings. The SMILES string of the molecule is CC1CCCCC1N=Cc1c(-c2ccccc2)ccc([Si](C)(C)C)c1O. The Morgan fingerprint density at radius 1 is 1.00 bits per heavy atom. The van der Waals surface area contributed by atoms with Crippen LogP contribution in [-0.2, 0) is 0 Å². The second kappa shape index (κ2) is 7.79. The van der Waals surface area contributed by atoms with Gasteiger partial charge in [0, 0.05) is 11.8 Å². The molecular weight excluding hydrogens is 334 g/mol. The first kappa shape index (κ1) is 18.9. The summed E-state index contributed by atoms with van der Waals surface area (Å²) in [6.45, 7) is 9.12. The van der Waals surface area contributed by atoms with E-state index in [9.17, 15) is 5.11 Å². The van der Waals surface area contributed by atoms with E-state index >= 15 is 0 Å². The molecule has 1 aliphatic carbocycles. The third-order valence-corrected chi connectivity index (χ3v) is 7.59. The molecule has 2 nitrogen and oxygen atoms in total. The van der Waals surface area contributed by atoms with Crippen LogP contribution in [0.15, 0.2) is 47.5 Å². The molecule has 1 saturated carbocycles. The molecule has 1 N–H and O–H groups in total. The molecule has 3 rings (SSSR count). The number of nitrogens with zero attached hydrogens (tertiary/aromatic N) is 1. The highest BCUT2D eigenvalue weighted by molar-refractivity contribution is 6.89. The summed E-state index contributed by atoms with van der Waals surface area (Å²) < 4.78 is 0. The lowest BCUT2D eigenvalue weighted by atomic mass is 9.86. The van der Waals surface area contributed by atoms with E-state index in [1.807, 2.05) is 24.4 Å². The molecule has 26 heavy (non-hydrogen) atoms. The summed E-state index contributed by atoms with van der Waals surface area (Å²) in [6, 6.07) is 15.0. The van der Waals surface area contributed by atoms with Gasteiger partial charge in [0.1, 0.15) is 5.75 Å². The number of benzene rings is 2. The highest BCUT2D eigenvalue weighted by Gasteiger charge is 2.24. The van der Waals surface area contributed by atoms with Crippen molar-refractivity contribution in [2.24, 2.45) is 10.9 Å². The summed E-state index contributed by atoms with van der Waals surface area (Å²) in [5, 5.41) is 12.2. The van der Waals surface area contributed by atoms with Crippen LogP contribution in [-0.4, -0.2) is 25.4 Å². The number of phenols is 1. The predicted octanol–water partition coefficient (Wildman–Crippen LogP) is 5.60. The quantitative estimate of drug-likeness (QED) is 0.555. The van der Waals surface area contributed by atoms with E-state index in [2.05, 4.69) is 50.8 Å². The van der Waals surface area contributed by atoms with Crippen molar-refractivity contribution >= 4 is 19.5 Å². The number of aliphatic imine (C=N–C) groups is 1. The summed E-state index contributed by atoms with van der Waals surface area (Å²) >= 11 is 0. The lowest BCUT2D eigenvalue weighted by Crippen LogP contribution is -2.38. The summed E-state index contributed by atoms with van der Waals surface area (Å²) in [6.07, 6.45) is 6.95. The number of aromatic hydroxyl groups is 1. The van der Waals surface area contributed by atoms with Gasteiger partial charge in [-0.2, -0.15) is 0 Å². The fourth-order valence-corrected chi connectivity index (χ4v) is 5.33. The van der Waals surface area contributed by atoms with E-state index in [1.54, 1.807) is 0 Å². The van der Waals surface area contributed by atoms with E-state index in [4.69, 9.17) is 4.99 Å². The number of rotatable bonds is 4. The molecule has 0 spiro atoms. The molecule has 3 heteroatoms. The zero-order valence-electron chi connectivity index (χ0n) is 16.5. The minimum absolute atomic E-state index is 0.377. The van der Waals surface area contributed by atoms with Crippen LogP contribution in [0, 0.1) is 5.92 Å². The van der Waals surface area contributed by atoms with E-state index in [-0.39, 0.29) is 0 Å². The van der Waals surface area contributed by atoms with Crippen molar-refractivity contribution in [3.63, 3.8) is 0 Å². The monoisotopic (exact) mass is 365 g/mol. The Labute approximate surface area is 159 Å². The van der Waals surface area contributed by atoms with Gasteiger partial charge in [0.25, 0.3) is 0 Å². The van der Waals surface area contributed by atoms with Crippen LogP contribution in [0.1, 0.15) is 38.2 Å². The van der Waals surface area contributed by atoms with Gasteiger partial charge in [0.15, 0.2) is 0 Å². The maximum absolute atomic E-state index is 11.1. The lowest BCUT2D eigenvalue weighted by Gasteiger charge is -2.25. The van der Waals surface area contributed by atoms with Crippen LogP contribution in [0.2, 0.25) is 19.6 Å². The van der Waals surface area contributed by atoms with E-state index < -0.39 is 8.07 Å². The maximum Gasteiger partial charge on any atom is 0.124 e. The smallest absolute Gasteiger partial charge is 0.124 e. The molecule has 0 aliphatic heterocycles. The van der Waals surface area contributed by atoms with Gasteiger partial charge in [0.05, 0.1) is 14.1 Å². The Balaban J connectivity index is 2.07. The molecule has 0 saturated heterocycles. The summed E-state index contributed by atoms with van der Waals surface area (Å²) in [5.41, 5.74) is 3.08. The first-order valence-electron chi connectivity index (χ1n) is 9.83. The van der Waals surface area contributed by atoms with E-state index in [0.717, 1.165) is 28.3 Å². The maximum atomic E-state index is 11.1. The molecule has 0 aromatic heterocycles. The summed E-state index contributed by atoms with van der Waals surface area (Å²) in [5.74, 6) is 1.06. The summed E-state index contributed by atoms with van der Waals surface area (Å²) in [7, 11) is -1.63. The molecule has 2 unspecified atom stereocenters. The molecule has 2 atom stereocenters. The van der Waals surface area contributed by atoms with Gasteiger partial charge in [-0.25, -0.2) is 0 Å². The van der Waals surface area contributed by atoms with Crippen LogP contribution in [0.5, 0.6) is 5.75 Å². The minimum Gasteiger partial charge on any atom is -0.507 e. The van der Waals surface area contributed by atoms with E-state index in [0.29, 0.717) is 17.7 Å². The Hall–Kier alpha value is -1.87. The highest BCUT2D eigenvalue weighted by atomic mass is 28.3. The lowest BCUT2D eigenvalue weighted by molar-refractivity contribution is 0.333. The summed E-state index contributed by atoms with van der Waals surface area (Å²) in [4.78, 5) is 4.94. The molecule has 0 heterocycles. The highest BCUT2D eigenvalue weighted by Crippen LogP contribution is 2.31. The molecule has 0 radical (unpaired) electrons. The molecule has 2 aromatic carbocycles. The van der Waals surface area contributed by atoms with Crippen molar-refractivity contribution in [2.45, 2.75) is 58.3 Å². The van der Waals surface area contributed by atoms with Gasteiger partial charge in [-0.1, -0.05) is 81.9 Å². The Kier molecular flexibility index (Phi) is 5.66. The Morgan fingerprint density at radius 2 is 1.69 bits per heavy atom. The number of hydrogen-bond donors (Lipinski definition) is 1. The normalized spacial score (nSPS) is 21.2. The second-order valence-corrected chi connectivity index (χ2v) is 13.7. The topological polar surface area (TPSA) is 32.6 Å². The van der Waals surface area contributed by atoms with Crippen LogP contribution in [0.3, 0.4) is 0 Å². The fraction of sp³-hybridized carbons (Fsp3) is 0.435. The largest absolute Gasteiger partial charge is 0.507 e. The molecule has 0 bridgehead atoms. The van der Waals surface area contributed by atoms with Crippen molar-refractivity contribution in [2.75, 3.05) is 0 Å². The minimum atomic E-state index is -1.63. The van der Waals surface area contributed by atoms with Gasteiger partial charge in [-0.05, 0) is 35.1 Å². The number of phenolic OH excluding ortho intramolecular Hbond substituents is 1. The van der Waals surface area contributed by atoms with Crippen LogP contribution < -0.4 is 5.19 Å². The molecule has 138 valence electrons. The van der Waals surface area contributed by atoms with Gasteiger partial charge < -0.3 is 5.11 Å². The van der Waals surface area contributed by atoms with Crippen molar-refractivity contribution in [1.82, 2.24) is 0 Å². The fourth-order valence-electron chi connectivity index (χ4n) is 3.90. The average Bonchev–Trinajstić information content (AvgIpc) is 2.61. The van der Waals surface area contributed by atoms with Gasteiger partial charge in [-0.3, -0.25) is 4.99 Å². The number of hydrogen-bond acceptors (Lipinski definition) is 2. The van der Waals surface area contributed by atoms with Crippen molar-refractivity contribution < 1.29 is 5.11 Å². The van der Waals surface area contributed by atoms with Crippen LogP contribution in [0.25, 0.3) is 11.1 Å². The zero-order valence-corrected chi connectivity index (χ0v) is 17.5. The molecule has 1 fully saturated rings. The third kappa shape index (κ3) is 4.09. The molecule has 1 aliphatic rings. The van der Waals surface area contributed by atoms with E-state index in [1.165, 1.54) is 19.3 Å². The first-order valence-corrected chi connectivity index (χ1v) is 13.3. The van der Waals surface area contributed by atoms with Crippen molar-refractivity contribution in [3.05, 3.63) is 48.0 Å². The Bertz CT molecular complexity index is 777. The zero-order chi connectivity index (χ0) is 18.7. The average molecular weight is 366 g/mol. The Morgan fingerprint density at radius 3 is 2.35 bits per heavy atom. The molecule has 0 amide bonds. The van der Waals surface area contributed by atoms with Gasteiger partial charge in [-0.15, -0.1) is 0 Å². The first-order chi connectivity index (χ1) is 12.4. The second-order valence-electron chi connectivity index (χ2n) is 8.65. The predicted molar refractivity (Wildman–Crippen MR) is 116 cm³/mol. The van der Waals surface area contributed by atoms with Crippen molar-refractivity contribution in [1.29, 1.82) is 0 Å². The molecular formula is C23H31NOSi. The van der Waals surface area contributed by atoms with Gasteiger partial charge >= 0.3 is 0 Å². The van der Waals surface area contributed by atoms with Gasteiger partial charge in [0.2, 0.25) is 0 Å². The van der Waals surface area contributed by atoms with Crippen molar-refractivity contribution in [3.8, 4) is 16.9 Å². The van der Waals surface area contributed by atoms with Crippen LogP contribution >= 0.6 is 0 Å².